The first-order valence-electron chi connectivity index (χ1n) is 8.76. The number of carbonyl (C=O) groups excluding carboxylic acids is 1. The first-order chi connectivity index (χ1) is 12.5. The van der Waals surface area contributed by atoms with Gasteiger partial charge in [0.2, 0.25) is 5.91 Å². The Morgan fingerprint density at radius 1 is 1.35 bits per heavy atom. The number of thiophene rings is 1. The second kappa shape index (κ2) is 6.64. The third-order valence-electron chi connectivity index (χ3n) is 4.81. The summed E-state index contributed by atoms with van der Waals surface area (Å²) in [5.41, 5.74) is 2.70. The zero-order valence-electron chi connectivity index (χ0n) is 14.8. The van der Waals surface area contributed by atoms with Crippen molar-refractivity contribution in [3.8, 4) is 0 Å². The molecular weight excluding hydrogens is 348 g/mol. The van der Waals surface area contributed by atoms with Gasteiger partial charge in [-0.3, -0.25) is 9.59 Å². The lowest BCUT2D eigenvalue weighted by atomic mass is 9.89. The van der Waals surface area contributed by atoms with Gasteiger partial charge in [0.15, 0.2) is 4.83 Å². The summed E-state index contributed by atoms with van der Waals surface area (Å²) in [7, 11) is 0. The highest BCUT2D eigenvalue weighted by atomic mass is 32.1. The monoisotopic (exact) mass is 368 g/mol. The summed E-state index contributed by atoms with van der Waals surface area (Å²) >= 11 is 1.56. The van der Waals surface area contributed by atoms with Crippen molar-refractivity contribution < 1.29 is 4.79 Å². The Balaban J connectivity index is 1.61. The Kier molecular flexibility index (Phi) is 4.32. The summed E-state index contributed by atoms with van der Waals surface area (Å²) in [6.45, 7) is 4.07. The third kappa shape index (κ3) is 3.14. The number of nitrogens with zero attached hydrogens (tertiary/aromatic N) is 3. The van der Waals surface area contributed by atoms with E-state index >= 15 is 0 Å². The summed E-state index contributed by atoms with van der Waals surface area (Å²) in [6, 6.07) is 7.52. The van der Waals surface area contributed by atoms with E-state index in [1.165, 1.54) is 4.88 Å². The average molecular weight is 368 g/mol. The number of hydrogen-bond acceptors (Lipinski definition) is 5. The molecule has 1 aliphatic carbocycles. The molecule has 1 aliphatic rings. The van der Waals surface area contributed by atoms with E-state index in [1.807, 2.05) is 31.2 Å². The molecule has 0 saturated carbocycles. The van der Waals surface area contributed by atoms with Crippen molar-refractivity contribution in [2.45, 2.75) is 39.7 Å². The van der Waals surface area contributed by atoms with Crippen LogP contribution < -0.4 is 10.9 Å². The molecule has 1 N–H and O–H groups in total. The molecule has 0 bridgehead atoms. The molecule has 3 aromatic rings. The van der Waals surface area contributed by atoms with Gasteiger partial charge < -0.3 is 5.32 Å². The Bertz CT molecular complexity index is 1040. The van der Waals surface area contributed by atoms with Gasteiger partial charge in [0.1, 0.15) is 6.54 Å². The molecule has 1 atom stereocenters. The minimum atomic E-state index is -0.290. The normalized spacial score (nSPS) is 16.5. The van der Waals surface area contributed by atoms with Gasteiger partial charge in [-0.1, -0.05) is 29.8 Å². The number of benzene rings is 1. The van der Waals surface area contributed by atoms with E-state index in [0.29, 0.717) is 21.8 Å². The van der Waals surface area contributed by atoms with Crippen LogP contribution in [-0.4, -0.2) is 20.9 Å². The zero-order chi connectivity index (χ0) is 18.3. The topological polar surface area (TPSA) is 76.9 Å². The number of nitrogens with one attached hydrogen (secondary N) is 1. The maximum absolute atomic E-state index is 12.9. The number of amides is 1. The molecule has 26 heavy (non-hydrogen) atoms. The molecular formula is C19H20N4O2S. The van der Waals surface area contributed by atoms with E-state index in [2.05, 4.69) is 22.6 Å². The molecule has 0 saturated heterocycles. The molecule has 2 heterocycles. The quantitative estimate of drug-likeness (QED) is 0.771. The number of fused-ring (bicyclic) bond motifs is 3. The van der Waals surface area contributed by atoms with Crippen molar-refractivity contribution >= 4 is 33.1 Å². The molecule has 0 radical (unpaired) electrons. The van der Waals surface area contributed by atoms with Crippen molar-refractivity contribution in [1.29, 1.82) is 0 Å². The van der Waals surface area contributed by atoms with Crippen LogP contribution in [0.1, 0.15) is 29.3 Å². The number of carbonyl (C=O) groups is 1. The van der Waals surface area contributed by atoms with Crippen LogP contribution >= 0.6 is 11.3 Å². The highest BCUT2D eigenvalue weighted by Gasteiger charge is 2.24. The molecule has 0 unspecified atom stereocenters. The van der Waals surface area contributed by atoms with E-state index in [1.54, 1.807) is 11.3 Å². The Morgan fingerprint density at radius 2 is 2.12 bits per heavy atom. The van der Waals surface area contributed by atoms with Crippen LogP contribution in [0.3, 0.4) is 0 Å². The smallest absolute Gasteiger partial charge is 0.279 e. The van der Waals surface area contributed by atoms with Crippen LogP contribution in [0.5, 0.6) is 0 Å². The Labute approximate surface area is 154 Å². The van der Waals surface area contributed by atoms with Crippen LogP contribution in [0.4, 0.5) is 5.69 Å². The Morgan fingerprint density at radius 3 is 2.88 bits per heavy atom. The number of hydrogen-bond donors (Lipinski definition) is 1. The van der Waals surface area contributed by atoms with Gasteiger partial charge in [-0.15, -0.1) is 16.4 Å². The van der Waals surface area contributed by atoms with Crippen LogP contribution in [0, 0.1) is 12.8 Å². The largest absolute Gasteiger partial charge is 0.324 e. The van der Waals surface area contributed by atoms with Gasteiger partial charge in [0.25, 0.3) is 5.56 Å². The van der Waals surface area contributed by atoms with Gasteiger partial charge in [0, 0.05) is 10.6 Å². The second-order valence-electron chi connectivity index (χ2n) is 7.00. The van der Waals surface area contributed by atoms with E-state index in [9.17, 15) is 9.59 Å². The Hall–Kier alpha value is -2.54. The van der Waals surface area contributed by atoms with Crippen LogP contribution in [0.25, 0.3) is 10.2 Å². The van der Waals surface area contributed by atoms with Gasteiger partial charge in [-0.05, 0) is 49.8 Å². The molecule has 4 rings (SSSR count). The summed E-state index contributed by atoms with van der Waals surface area (Å²) in [4.78, 5) is 27.1. The molecule has 7 heteroatoms. The van der Waals surface area contributed by atoms with Gasteiger partial charge in [0.05, 0.1) is 5.39 Å². The minimum Gasteiger partial charge on any atom is -0.324 e. The van der Waals surface area contributed by atoms with Crippen LogP contribution in [-0.2, 0) is 24.2 Å². The molecule has 134 valence electrons. The molecule has 2 aromatic heterocycles. The molecule has 0 spiro atoms. The van der Waals surface area contributed by atoms with E-state index in [-0.39, 0.29) is 18.0 Å². The fraction of sp³-hybridized carbons (Fsp3) is 0.368. The summed E-state index contributed by atoms with van der Waals surface area (Å²) < 4.78 is 1.16. The van der Waals surface area contributed by atoms with Gasteiger partial charge in [-0.2, -0.15) is 0 Å². The van der Waals surface area contributed by atoms with Crippen molar-refractivity contribution in [2.24, 2.45) is 5.92 Å². The van der Waals surface area contributed by atoms with Crippen LogP contribution in [0.2, 0.25) is 0 Å². The lowest BCUT2D eigenvalue weighted by molar-refractivity contribution is -0.117. The zero-order valence-corrected chi connectivity index (χ0v) is 15.6. The summed E-state index contributed by atoms with van der Waals surface area (Å²) in [5, 5.41) is 11.6. The number of anilines is 1. The lowest BCUT2D eigenvalue weighted by Crippen LogP contribution is -2.30. The van der Waals surface area contributed by atoms with E-state index in [0.717, 1.165) is 35.1 Å². The SMILES string of the molecule is Cc1ccc(NC(=O)Cn2nnc3sc4c(c3c2=O)CC[C@H](C)C4)cc1. The molecule has 6 nitrogen and oxygen atoms in total. The number of aromatic nitrogens is 3. The molecule has 0 aliphatic heterocycles. The maximum atomic E-state index is 12.9. The predicted molar refractivity (Wildman–Crippen MR) is 103 cm³/mol. The number of rotatable bonds is 3. The number of aryl methyl sites for hydroxylation is 2. The molecule has 0 fully saturated rings. The lowest BCUT2D eigenvalue weighted by Gasteiger charge is -2.17. The predicted octanol–water partition coefficient (Wildman–Crippen LogP) is 2.92. The fourth-order valence-electron chi connectivity index (χ4n) is 3.37. The van der Waals surface area contributed by atoms with Crippen molar-refractivity contribution in [2.75, 3.05) is 5.32 Å². The van der Waals surface area contributed by atoms with Gasteiger partial charge >= 0.3 is 0 Å². The fourth-order valence-corrected chi connectivity index (χ4v) is 4.69. The van der Waals surface area contributed by atoms with Crippen LogP contribution in [0.15, 0.2) is 29.1 Å². The molecule has 1 aromatic carbocycles. The highest BCUT2D eigenvalue weighted by Crippen LogP contribution is 2.35. The van der Waals surface area contributed by atoms with Crippen molar-refractivity contribution in [3.63, 3.8) is 0 Å². The third-order valence-corrected chi connectivity index (χ3v) is 5.95. The standard InChI is InChI=1S/C19H20N4O2S/c1-11-3-6-13(7-4-11)20-16(24)10-23-19(25)17-14-8-5-12(2)9-15(14)26-18(17)21-22-23/h3-4,6-7,12H,5,8-10H2,1-2H3,(H,20,24)/t12-/m0/s1. The highest BCUT2D eigenvalue weighted by molar-refractivity contribution is 7.18. The van der Waals surface area contributed by atoms with Crippen molar-refractivity contribution in [1.82, 2.24) is 15.0 Å². The summed E-state index contributed by atoms with van der Waals surface area (Å²) in [6.07, 6.45) is 2.96. The first-order valence-corrected chi connectivity index (χ1v) is 9.57. The molecule has 1 amide bonds. The van der Waals surface area contributed by atoms with Crippen molar-refractivity contribution in [3.05, 3.63) is 50.6 Å². The van der Waals surface area contributed by atoms with E-state index < -0.39 is 0 Å². The van der Waals surface area contributed by atoms with Gasteiger partial charge in [-0.25, -0.2) is 4.68 Å². The maximum Gasteiger partial charge on any atom is 0.279 e. The van der Waals surface area contributed by atoms with E-state index in [4.69, 9.17) is 0 Å². The second-order valence-corrected chi connectivity index (χ2v) is 8.08. The summed E-state index contributed by atoms with van der Waals surface area (Å²) in [5.74, 6) is 0.341. The average Bonchev–Trinajstić information content (AvgIpc) is 2.97. The first kappa shape index (κ1) is 16.9. The minimum absolute atomic E-state index is 0.142.